The smallest absolute Gasteiger partial charge is 2.00 e. The van der Waals surface area contributed by atoms with Crippen LogP contribution in [0.1, 0.15) is 0 Å². The van der Waals surface area contributed by atoms with E-state index in [9.17, 15) is 0 Å². The maximum absolute atomic E-state index is 0. The summed E-state index contributed by atoms with van der Waals surface area (Å²) in [5.74, 6) is 0. The summed E-state index contributed by atoms with van der Waals surface area (Å²) in [5, 5.41) is 0. The largest absolute Gasteiger partial charge is 2.00 e. The molecule has 0 aliphatic carbocycles. The zero-order valence-corrected chi connectivity index (χ0v) is 9.74. The van der Waals surface area contributed by atoms with E-state index in [1.54, 1.807) is 0 Å². The van der Waals surface area contributed by atoms with Gasteiger partial charge in [-0.2, -0.15) is 0 Å². The standard InChI is InChI=1S/Cd.2O.Sr/q+2;2*-2;+2. The minimum atomic E-state index is 0. The Balaban J connectivity index is 0. The van der Waals surface area contributed by atoms with Gasteiger partial charge >= 0.3 is 72.8 Å². The third-order valence-electron chi connectivity index (χ3n) is 0. The van der Waals surface area contributed by atoms with Crippen molar-refractivity contribution in [2.24, 2.45) is 0 Å². The predicted molar refractivity (Wildman–Crippen MR) is 7.13 cm³/mol. The molecule has 0 heterocycles. The van der Waals surface area contributed by atoms with E-state index in [-0.39, 0.29) is 83.7 Å². The molecule has 0 aliphatic heterocycles. The van der Waals surface area contributed by atoms with Crippen molar-refractivity contribution < 1.29 is 38.3 Å². The van der Waals surface area contributed by atoms with Crippen LogP contribution in [0, 0.1) is 0 Å². The van der Waals surface area contributed by atoms with Gasteiger partial charge in [0.2, 0.25) is 0 Å². The molecule has 16 valence electrons. The molecule has 4 heteroatoms. The Hall–Kier alpha value is 2.32. The van der Waals surface area contributed by atoms with Crippen molar-refractivity contribution in [3.63, 3.8) is 0 Å². The van der Waals surface area contributed by atoms with Crippen molar-refractivity contribution in [1.29, 1.82) is 0 Å². The summed E-state index contributed by atoms with van der Waals surface area (Å²) in [6.45, 7) is 0. The summed E-state index contributed by atoms with van der Waals surface area (Å²) in [6.07, 6.45) is 0. The Morgan fingerprint density at radius 3 is 0.750 bits per heavy atom. The van der Waals surface area contributed by atoms with Crippen molar-refractivity contribution in [3.8, 4) is 0 Å². The maximum atomic E-state index is 0. The first-order valence-corrected chi connectivity index (χ1v) is 0. The van der Waals surface area contributed by atoms with Crippen LogP contribution in [-0.2, 0) is 38.3 Å². The molecule has 0 radical (unpaired) electrons. The quantitative estimate of drug-likeness (QED) is 0.500. The van der Waals surface area contributed by atoms with E-state index >= 15 is 0 Å². The molecule has 0 unspecified atom stereocenters. The van der Waals surface area contributed by atoms with Gasteiger partial charge in [0.25, 0.3) is 0 Å². The van der Waals surface area contributed by atoms with Gasteiger partial charge in [0.15, 0.2) is 0 Å². The Morgan fingerprint density at radius 1 is 0.750 bits per heavy atom. The van der Waals surface area contributed by atoms with Crippen molar-refractivity contribution in [3.05, 3.63) is 0 Å². The molecule has 0 aromatic rings. The Labute approximate surface area is 82.0 Å². The van der Waals surface area contributed by atoms with Gasteiger partial charge in [-0.25, -0.2) is 0 Å². The van der Waals surface area contributed by atoms with Gasteiger partial charge in [-0.3, -0.25) is 0 Å². The van der Waals surface area contributed by atoms with Crippen molar-refractivity contribution in [1.82, 2.24) is 0 Å². The third-order valence-corrected chi connectivity index (χ3v) is 0. The first-order chi connectivity index (χ1) is 0. The monoisotopic (exact) mass is 234 g/mol. The second kappa shape index (κ2) is 18.4. The molecule has 0 saturated carbocycles. The Kier molecular flexibility index (Phi) is 153. The number of hydrogen-bond donors (Lipinski definition) is 0. The van der Waals surface area contributed by atoms with Crippen LogP contribution in [0.15, 0.2) is 0 Å². The average molecular weight is 232 g/mol. The zero-order valence-electron chi connectivity index (χ0n) is 2.23. The van der Waals surface area contributed by atoms with Crippen LogP contribution in [0.25, 0.3) is 0 Å². The molecule has 0 bridgehead atoms. The number of hydrogen-bond acceptors (Lipinski definition) is 0. The summed E-state index contributed by atoms with van der Waals surface area (Å²) in [7, 11) is 0. The van der Waals surface area contributed by atoms with E-state index in [2.05, 4.69) is 0 Å². The van der Waals surface area contributed by atoms with Crippen LogP contribution in [0.2, 0.25) is 0 Å². The molecule has 0 atom stereocenters. The molecule has 0 aromatic carbocycles. The minimum Gasteiger partial charge on any atom is -2.00 e. The van der Waals surface area contributed by atoms with E-state index in [0.29, 0.717) is 0 Å². The van der Waals surface area contributed by atoms with Crippen molar-refractivity contribution in [2.75, 3.05) is 0 Å². The van der Waals surface area contributed by atoms with Gasteiger partial charge < -0.3 is 11.0 Å². The van der Waals surface area contributed by atoms with Crippen LogP contribution in [0.5, 0.6) is 0 Å². The van der Waals surface area contributed by atoms with Crippen molar-refractivity contribution in [2.45, 2.75) is 0 Å². The van der Waals surface area contributed by atoms with Crippen LogP contribution >= 0.6 is 0 Å². The fourth-order valence-electron chi connectivity index (χ4n) is 0. The fraction of sp³-hybridized carbons (Fsp3) is 0. The zero-order chi connectivity index (χ0) is 0. The molecule has 0 saturated heterocycles. The van der Waals surface area contributed by atoms with Crippen LogP contribution in [0.3, 0.4) is 0 Å². The Bertz CT molecular complexity index is 6.00. The van der Waals surface area contributed by atoms with Gasteiger partial charge in [0, 0.05) is 0 Å². The van der Waals surface area contributed by atoms with Gasteiger partial charge in [0.05, 0.1) is 0 Å². The SMILES string of the molecule is [Cd+2].[O-2].[O-2].[Sr+2]. The Morgan fingerprint density at radius 2 is 0.750 bits per heavy atom. The molecule has 0 N–H and O–H groups in total. The molecule has 0 aliphatic rings. The molecule has 2 nitrogen and oxygen atoms in total. The van der Waals surface area contributed by atoms with Gasteiger partial charge in [-0.05, 0) is 0 Å². The predicted octanol–water partition coefficient (Wildman–Crippen LogP) is -0.621. The average Bonchev–Trinajstić information content (AvgIpc) is 0. The molecule has 4 heavy (non-hydrogen) atoms. The van der Waals surface area contributed by atoms with E-state index in [1.165, 1.54) is 0 Å². The second-order valence-corrected chi connectivity index (χ2v) is 0. The summed E-state index contributed by atoms with van der Waals surface area (Å²) in [6, 6.07) is 0. The van der Waals surface area contributed by atoms with Gasteiger partial charge in [-0.15, -0.1) is 0 Å². The maximum Gasteiger partial charge on any atom is 2.00 e. The third kappa shape index (κ3) is 8.85. The topological polar surface area (TPSA) is 57.0 Å². The van der Waals surface area contributed by atoms with Crippen LogP contribution in [-0.4, -0.2) is 45.5 Å². The van der Waals surface area contributed by atoms with E-state index < -0.39 is 0 Å². The summed E-state index contributed by atoms with van der Waals surface area (Å²) in [4.78, 5) is 0. The summed E-state index contributed by atoms with van der Waals surface area (Å²) >= 11 is 0. The molecule has 0 amide bonds. The van der Waals surface area contributed by atoms with E-state index in [1.807, 2.05) is 0 Å². The second-order valence-electron chi connectivity index (χ2n) is 0. The number of rotatable bonds is 0. The van der Waals surface area contributed by atoms with Gasteiger partial charge in [-0.1, -0.05) is 0 Å². The van der Waals surface area contributed by atoms with Gasteiger partial charge in [0.1, 0.15) is 0 Å². The molecular weight excluding hydrogens is 232 g/mol. The van der Waals surface area contributed by atoms with Crippen LogP contribution in [0.4, 0.5) is 0 Å². The van der Waals surface area contributed by atoms with Crippen molar-refractivity contribution >= 4 is 45.5 Å². The fourth-order valence-corrected chi connectivity index (χ4v) is 0. The molecule has 0 spiro atoms. The minimum absolute atomic E-state index is 0. The molecule has 0 fully saturated rings. The van der Waals surface area contributed by atoms with Crippen LogP contribution < -0.4 is 0 Å². The first kappa shape index (κ1) is 33.2. The van der Waals surface area contributed by atoms with E-state index in [4.69, 9.17) is 0 Å². The molecule has 0 aromatic heterocycles. The summed E-state index contributed by atoms with van der Waals surface area (Å²) in [5.41, 5.74) is 0. The summed E-state index contributed by atoms with van der Waals surface area (Å²) < 4.78 is 0. The first-order valence-electron chi connectivity index (χ1n) is 0. The molecule has 0 rings (SSSR count). The molecular formula is CdO2Sr. The van der Waals surface area contributed by atoms with E-state index in [0.717, 1.165) is 0 Å². The normalized spacial score (nSPS) is 0.